The lowest BCUT2D eigenvalue weighted by Gasteiger charge is -2.44. The standard InChI is InChI=1S/C32H33F8N7O/c1-14-23(32(38,39)40)21(18(9-41)26(42)24(14)34)22-20(33)8-17-27(25(22)35)44-30(45-29(17)47-10-15-4-5-16(11-47)43-15)48-13-31(2)12-46(3)7-6-19(31)28(36)37/h8,15-16,19,28,43H,4-7,10-13,42H2,1-3H3/t15-,16+,19-,31+/m1/s1. The number of piperidine rings is 1. The molecule has 3 fully saturated rings. The summed E-state index contributed by atoms with van der Waals surface area (Å²) in [4.78, 5) is 12.3. The summed E-state index contributed by atoms with van der Waals surface area (Å²) in [6.45, 7) is 3.54. The third-order valence-corrected chi connectivity index (χ3v) is 9.90. The summed E-state index contributed by atoms with van der Waals surface area (Å²) in [5, 5.41) is 13.0. The van der Waals surface area contributed by atoms with E-state index in [4.69, 9.17) is 10.5 Å². The van der Waals surface area contributed by atoms with Gasteiger partial charge in [-0.15, -0.1) is 0 Å². The van der Waals surface area contributed by atoms with Crippen molar-refractivity contribution >= 4 is 22.4 Å². The van der Waals surface area contributed by atoms with Gasteiger partial charge >= 0.3 is 12.2 Å². The van der Waals surface area contributed by atoms with Crippen molar-refractivity contribution in [1.29, 1.82) is 5.26 Å². The first-order chi connectivity index (χ1) is 22.5. The number of anilines is 2. The fourth-order valence-corrected chi connectivity index (χ4v) is 7.59. The summed E-state index contributed by atoms with van der Waals surface area (Å²) in [7, 11) is 1.78. The lowest BCUT2D eigenvalue weighted by atomic mass is 9.73. The summed E-state index contributed by atoms with van der Waals surface area (Å²) in [6, 6.07) is 1.77. The van der Waals surface area contributed by atoms with Crippen LogP contribution in [0.1, 0.15) is 42.9 Å². The SMILES string of the molecule is Cc1c(F)c(N)c(C#N)c(-c2c(F)cc3c(N4C[C@H]5CC[C@@H](C4)N5)nc(OC[C@]4(C)CN(C)CC[C@@H]4C(F)F)nc3c2F)c1C(F)(F)F. The van der Waals surface area contributed by atoms with Gasteiger partial charge in [0.2, 0.25) is 6.43 Å². The Morgan fingerprint density at radius 1 is 1.10 bits per heavy atom. The second-order valence-electron chi connectivity index (χ2n) is 13.3. The number of hydrogen-bond acceptors (Lipinski definition) is 8. The van der Waals surface area contributed by atoms with Gasteiger partial charge < -0.3 is 25.6 Å². The minimum Gasteiger partial charge on any atom is -0.463 e. The van der Waals surface area contributed by atoms with E-state index in [1.165, 1.54) is 6.07 Å². The first-order valence-electron chi connectivity index (χ1n) is 15.4. The molecule has 2 aromatic carbocycles. The van der Waals surface area contributed by atoms with Crippen LogP contribution in [0.2, 0.25) is 0 Å². The van der Waals surface area contributed by atoms with E-state index in [-0.39, 0.29) is 42.9 Å². The number of benzene rings is 2. The van der Waals surface area contributed by atoms with Gasteiger partial charge in [0.25, 0.3) is 0 Å². The molecular formula is C32H33F8N7O. The van der Waals surface area contributed by atoms with Crippen LogP contribution < -0.4 is 20.7 Å². The number of aromatic nitrogens is 2. The molecule has 16 heteroatoms. The van der Waals surface area contributed by atoms with Gasteiger partial charge in [0.15, 0.2) is 11.6 Å². The number of hydrogen-bond donors (Lipinski definition) is 2. The largest absolute Gasteiger partial charge is 0.463 e. The Morgan fingerprint density at radius 3 is 2.38 bits per heavy atom. The van der Waals surface area contributed by atoms with E-state index in [9.17, 15) is 31.6 Å². The quantitative estimate of drug-likeness (QED) is 0.240. The third kappa shape index (κ3) is 5.74. The first kappa shape index (κ1) is 33.9. The van der Waals surface area contributed by atoms with Crippen LogP contribution in [0.5, 0.6) is 6.01 Å². The summed E-state index contributed by atoms with van der Waals surface area (Å²) < 4.78 is 125. The lowest BCUT2D eigenvalue weighted by Crippen LogP contribution is -2.51. The Kier molecular flexibility index (Phi) is 8.60. The number of rotatable bonds is 6. The van der Waals surface area contributed by atoms with Crippen molar-refractivity contribution in [3.8, 4) is 23.2 Å². The number of fused-ring (bicyclic) bond motifs is 3. The zero-order valence-electron chi connectivity index (χ0n) is 26.3. The van der Waals surface area contributed by atoms with Crippen molar-refractivity contribution in [3.05, 3.63) is 40.2 Å². The normalized spacial score (nSPS) is 24.8. The van der Waals surface area contributed by atoms with Crippen molar-refractivity contribution in [2.45, 2.75) is 57.8 Å². The average Bonchev–Trinajstić information content (AvgIpc) is 3.35. The minimum absolute atomic E-state index is 0.0354. The molecule has 0 aliphatic carbocycles. The maximum absolute atomic E-state index is 16.7. The fraction of sp³-hybridized carbons (Fsp3) is 0.531. The number of alkyl halides is 5. The average molecular weight is 684 g/mol. The molecule has 0 amide bonds. The molecule has 4 atom stereocenters. The molecule has 0 spiro atoms. The Balaban J connectivity index is 1.56. The highest BCUT2D eigenvalue weighted by molar-refractivity contribution is 5.95. The molecule has 3 aliphatic rings. The molecule has 8 nitrogen and oxygen atoms in total. The molecule has 48 heavy (non-hydrogen) atoms. The van der Waals surface area contributed by atoms with E-state index in [0.717, 1.165) is 25.8 Å². The molecule has 3 aromatic rings. The molecule has 3 aliphatic heterocycles. The van der Waals surface area contributed by atoms with E-state index in [0.29, 0.717) is 19.6 Å². The van der Waals surface area contributed by atoms with Gasteiger partial charge in [0, 0.05) is 54.0 Å². The Bertz CT molecular complexity index is 1800. The first-order valence-corrected chi connectivity index (χ1v) is 15.4. The van der Waals surface area contributed by atoms with Crippen molar-refractivity contribution in [3.63, 3.8) is 0 Å². The zero-order chi connectivity index (χ0) is 34.9. The van der Waals surface area contributed by atoms with Gasteiger partial charge in [-0.1, -0.05) is 6.92 Å². The lowest BCUT2D eigenvalue weighted by molar-refractivity contribution is -0.137. The van der Waals surface area contributed by atoms with Crippen LogP contribution in [0.25, 0.3) is 22.0 Å². The van der Waals surface area contributed by atoms with Crippen molar-refractivity contribution in [2.24, 2.45) is 11.3 Å². The van der Waals surface area contributed by atoms with E-state index in [1.54, 1.807) is 18.9 Å². The molecule has 258 valence electrons. The number of halogens is 8. The predicted molar refractivity (Wildman–Crippen MR) is 161 cm³/mol. The highest BCUT2D eigenvalue weighted by Gasteiger charge is 2.45. The Hall–Kier alpha value is -3.97. The molecule has 1 aromatic heterocycles. The molecule has 4 heterocycles. The smallest absolute Gasteiger partial charge is 0.417 e. The zero-order valence-corrected chi connectivity index (χ0v) is 26.3. The van der Waals surface area contributed by atoms with Crippen LogP contribution >= 0.6 is 0 Å². The molecule has 0 radical (unpaired) electrons. The topological polar surface area (TPSA) is 103 Å². The maximum atomic E-state index is 16.7. The number of ether oxygens (including phenoxy) is 1. The van der Waals surface area contributed by atoms with Gasteiger partial charge in [-0.2, -0.15) is 28.4 Å². The fourth-order valence-electron chi connectivity index (χ4n) is 7.59. The van der Waals surface area contributed by atoms with Gasteiger partial charge in [0.05, 0.1) is 29.0 Å². The highest BCUT2D eigenvalue weighted by atomic mass is 19.4. The van der Waals surface area contributed by atoms with Crippen molar-refractivity contribution in [1.82, 2.24) is 20.2 Å². The van der Waals surface area contributed by atoms with Gasteiger partial charge in [0.1, 0.15) is 23.2 Å². The summed E-state index contributed by atoms with van der Waals surface area (Å²) in [6.07, 6.45) is -6.12. The molecule has 3 N–H and O–H groups in total. The number of nitrogens with two attached hydrogens (primary N) is 1. The van der Waals surface area contributed by atoms with E-state index in [2.05, 4.69) is 15.3 Å². The van der Waals surface area contributed by atoms with Crippen LogP contribution in [0, 0.1) is 47.0 Å². The second kappa shape index (κ2) is 12.2. The summed E-state index contributed by atoms with van der Waals surface area (Å²) in [5.74, 6) is -5.60. The monoisotopic (exact) mass is 683 g/mol. The van der Waals surface area contributed by atoms with Gasteiger partial charge in [-0.25, -0.2) is 22.0 Å². The second-order valence-corrected chi connectivity index (χ2v) is 13.3. The van der Waals surface area contributed by atoms with Crippen LogP contribution in [-0.2, 0) is 6.18 Å². The number of likely N-dealkylation sites (tertiary alicyclic amines) is 1. The Labute approximate surface area is 270 Å². The van der Waals surface area contributed by atoms with Crippen LogP contribution in [0.4, 0.5) is 46.6 Å². The number of nitrogens with zero attached hydrogens (tertiary/aromatic N) is 5. The minimum atomic E-state index is -5.34. The van der Waals surface area contributed by atoms with Crippen LogP contribution in [0.15, 0.2) is 6.07 Å². The number of piperazine rings is 1. The van der Waals surface area contributed by atoms with E-state index >= 15 is 8.78 Å². The maximum Gasteiger partial charge on any atom is 0.417 e. The molecular weight excluding hydrogens is 650 g/mol. The predicted octanol–water partition coefficient (Wildman–Crippen LogP) is 6.04. The molecule has 3 saturated heterocycles. The van der Waals surface area contributed by atoms with Crippen LogP contribution in [0.3, 0.4) is 0 Å². The van der Waals surface area contributed by atoms with Gasteiger partial charge in [-0.3, -0.25) is 0 Å². The summed E-state index contributed by atoms with van der Waals surface area (Å²) in [5.41, 5.74) is -3.49. The van der Waals surface area contributed by atoms with Crippen LogP contribution in [-0.4, -0.2) is 73.2 Å². The molecule has 2 bridgehead atoms. The van der Waals surface area contributed by atoms with Crippen molar-refractivity contribution in [2.75, 3.05) is 50.5 Å². The molecule has 6 rings (SSSR count). The molecule has 0 saturated carbocycles. The van der Waals surface area contributed by atoms with Gasteiger partial charge in [-0.05, 0) is 51.4 Å². The van der Waals surface area contributed by atoms with E-state index < -0.39 is 86.4 Å². The highest BCUT2D eigenvalue weighted by Crippen LogP contribution is 2.47. The Morgan fingerprint density at radius 2 is 1.77 bits per heavy atom. The summed E-state index contributed by atoms with van der Waals surface area (Å²) >= 11 is 0. The van der Waals surface area contributed by atoms with E-state index in [1.807, 2.05) is 4.90 Å². The molecule has 0 unspecified atom stereocenters. The number of nitriles is 1. The van der Waals surface area contributed by atoms with Crippen molar-refractivity contribution < 1.29 is 39.9 Å². The number of nitrogens with one attached hydrogen (secondary N) is 1. The number of nitrogen functional groups attached to an aromatic ring is 1. The third-order valence-electron chi connectivity index (χ3n) is 9.90.